The summed E-state index contributed by atoms with van der Waals surface area (Å²) in [5, 5.41) is 16.5. The molecule has 0 unspecified atom stereocenters. The van der Waals surface area contributed by atoms with Gasteiger partial charge >= 0.3 is 6.18 Å². The molecule has 1 amide bonds. The van der Waals surface area contributed by atoms with Gasteiger partial charge in [0.25, 0.3) is 11.5 Å². The third-order valence-corrected chi connectivity index (χ3v) is 4.54. The molecule has 0 aliphatic rings. The van der Waals surface area contributed by atoms with Crippen molar-refractivity contribution in [3.8, 4) is 11.5 Å². The minimum atomic E-state index is -4.45. The lowest BCUT2D eigenvalue weighted by Gasteiger charge is -2.14. The molecular formula is C23H22F3N3O5. The number of benzene rings is 2. The standard InChI is InChI=1S/C23H22F3N3O5/c24-23(25,26)16-6-8-19(9-7-16)34-15-17(30)14-27-22(32)20-10-11-21(31)29(28-20)12-13-33-18-4-2-1-3-5-18/h1-11,17,30H,12-15H2,(H,27,32)/t17-/m1/s1. The number of ether oxygens (including phenoxy) is 2. The first kappa shape index (κ1) is 24.8. The normalized spacial score (nSPS) is 12.1. The van der Waals surface area contributed by atoms with Crippen molar-refractivity contribution in [2.75, 3.05) is 19.8 Å². The van der Waals surface area contributed by atoms with Gasteiger partial charge < -0.3 is 19.9 Å². The summed E-state index contributed by atoms with van der Waals surface area (Å²) in [6, 6.07) is 15.5. The summed E-state index contributed by atoms with van der Waals surface area (Å²) >= 11 is 0. The molecule has 180 valence electrons. The van der Waals surface area contributed by atoms with Crippen LogP contribution in [0.4, 0.5) is 13.2 Å². The van der Waals surface area contributed by atoms with E-state index in [4.69, 9.17) is 9.47 Å². The number of carbonyl (C=O) groups is 1. The molecule has 0 aliphatic heterocycles. The zero-order valence-electron chi connectivity index (χ0n) is 17.9. The number of nitrogens with zero attached hydrogens (tertiary/aromatic N) is 2. The summed E-state index contributed by atoms with van der Waals surface area (Å²) in [5.74, 6) is 0.160. The third kappa shape index (κ3) is 7.34. The topological polar surface area (TPSA) is 103 Å². The smallest absolute Gasteiger partial charge is 0.416 e. The number of para-hydroxylation sites is 1. The number of nitrogens with one attached hydrogen (secondary N) is 1. The van der Waals surface area contributed by atoms with E-state index in [-0.39, 0.29) is 37.7 Å². The van der Waals surface area contributed by atoms with E-state index in [2.05, 4.69) is 10.4 Å². The van der Waals surface area contributed by atoms with E-state index in [1.807, 2.05) is 18.2 Å². The molecule has 0 saturated heterocycles. The second kappa shape index (κ2) is 11.3. The number of carbonyl (C=O) groups excluding carboxylic acids is 1. The van der Waals surface area contributed by atoms with Crippen molar-refractivity contribution in [2.24, 2.45) is 0 Å². The molecule has 8 nitrogen and oxygen atoms in total. The van der Waals surface area contributed by atoms with Crippen LogP contribution < -0.4 is 20.3 Å². The number of hydrogen-bond donors (Lipinski definition) is 2. The van der Waals surface area contributed by atoms with Gasteiger partial charge in [-0.2, -0.15) is 18.3 Å². The molecule has 34 heavy (non-hydrogen) atoms. The van der Waals surface area contributed by atoms with Gasteiger partial charge in [0.15, 0.2) is 0 Å². The van der Waals surface area contributed by atoms with Crippen LogP contribution in [0.3, 0.4) is 0 Å². The first-order chi connectivity index (χ1) is 16.2. The van der Waals surface area contributed by atoms with Crippen LogP contribution in [0, 0.1) is 0 Å². The number of aliphatic hydroxyl groups excluding tert-OH is 1. The van der Waals surface area contributed by atoms with E-state index in [0.29, 0.717) is 5.75 Å². The number of rotatable bonds is 10. The Morgan fingerprint density at radius 3 is 2.35 bits per heavy atom. The molecule has 3 aromatic rings. The van der Waals surface area contributed by atoms with Gasteiger partial charge in [0.05, 0.1) is 12.1 Å². The monoisotopic (exact) mass is 477 g/mol. The number of aliphatic hydroxyl groups is 1. The molecule has 0 bridgehead atoms. The van der Waals surface area contributed by atoms with Crippen molar-refractivity contribution in [3.63, 3.8) is 0 Å². The van der Waals surface area contributed by atoms with Crippen molar-refractivity contribution in [1.29, 1.82) is 0 Å². The molecule has 11 heteroatoms. The van der Waals surface area contributed by atoms with Crippen molar-refractivity contribution in [2.45, 2.75) is 18.8 Å². The summed E-state index contributed by atoms with van der Waals surface area (Å²) < 4.78 is 49.6. The van der Waals surface area contributed by atoms with Crippen molar-refractivity contribution >= 4 is 5.91 Å². The number of hydrogen-bond acceptors (Lipinski definition) is 6. The SMILES string of the molecule is O=C(NC[C@@H](O)COc1ccc(C(F)(F)F)cc1)c1ccc(=O)n(CCOc2ccccc2)n1. The molecule has 0 spiro atoms. The second-order valence-electron chi connectivity index (χ2n) is 7.14. The highest BCUT2D eigenvalue weighted by Crippen LogP contribution is 2.30. The molecule has 0 fully saturated rings. The van der Waals surface area contributed by atoms with E-state index >= 15 is 0 Å². The van der Waals surface area contributed by atoms with Crippen LogP contribution in [0.1, 0.15) is 16.1 Å². The summed E-state index contributed by atoms with van der Waals surface area (Å²) in [4.78, 5) is 24.3. The van der Waals surface area contributed by atoms with Crippen LogP contribution >= 0.6 is 0 Å². The second-order valence-corrected chi connectivity index (χ2v) is 7.14. The van der Waals surface area contributed by atoms with E-state index < -0.39 is 29.3 Å². The highest BCUT2D eigenvalue weighted by Gasteiger charge is 2.30. The van der Waals surface area contributed by atoms with Crippen LogP contribution in [-0.4, -0.2) is 46.7 Å². The lowest BCUT2D eigenvalue weighted by molar-refractivity contribution is -0.137. The Bertz CT molecular complexity index is 1140. The minimum absolute atomic E-state index is 0.0323. The fourth-order valence-corrected chi connectivity index (χ4v) is 2.79. The average Bonchev–Trinajstić information content (AvgIpc) is 2.82. The minimum Gasteiger partial charge on any atom is -0.492 e. The van der Waals surface area contributed by atoms with Crippen molar-refractivity contribution < 1.29 is 32.5 Å². The molecule has 3 rings (SSSR count). The fourth-order valence-electron chi connectivity index (χ4n) is 2.79. The molecule has 1 aromatic heterocycles. The van der Waals surface area contributed by atoms with Gasteiger partial charge in [-0.15, -0.1) is 0 Å². The Hall–Kier alpha value is -3.86. The van der Waals surface area contributed by atoms with Crippen LogP contribution in [0.15, 0.2) is 71.5 Å². The highest BCUT2D eigenvalue weighted by atomic mass is 19.4. The maximum atomic E-state index is 12.6. The van der Waals surface area contributed by atoms with Crippen LogP contribution in [0.5, 0.6) is 11.5 Å². The molecule has 1 atom stereocenters. The Labute approximate surface area is 192 Å². The Morgan fingerprint density at radius 2 is 1.68 bits per heavy atom. The summed E-state index contributed by atoms with van der Waals surface area (Å²) in [7, 11) is 0. The van der Waals surface area contributed by atoms with Crippen molar-refractivity contribution in [1.82, 2.24) is 15.1 Å². The summed E-state index contributed by atoms with van der Waals surface area (Å²) in [6.45, 7) is -0.159. The maximum Gasteiger partial charge on any atom is 0.416 e. The Balaban J connectivity index is 1.46. The van der Waals surface area contributed by atoms with Gasteiger partial charge in [-0.05, 0) is 42.5 Å². The van der Waals surface area contributed by atoms with Crippen LogP contribution in [0.2, 0.25) is 0 Å². The van der Waals surface area contributed by atoms with E-state index in [1.165, 1.54) is 12.1 Å². The van der Waals surface area contributed by atoms with Crippen LogP contribution in [0.25, 0.3) is 0 Å². The van der Waals surface area contributed by atoms with E-state index in [9.17, 15) is 27.9 Å². The zero-order chi connectivity index (χ0) is 24.6. The van der Waals surface area contributed by atoms with Gasteiger partial charge in [-0.25, -0.2) is 4.68 Å². The fraction of sp³-hybridized carbons (Fsp3) is 0.261. The van der Waals surface area contributed by atoms with Gasteiger partial charge in [-0.1, -0.05) is 18.2 Å². The molecule has 1 heterocycles. The predicted octanol–water partition coefficient (Wildman–Crippen LogP) is 2.51. The number of aromatic nitrogens is 2. The lowest BCUT2D eigenvalue weighted by Crippen LogP contribution is -2.37. The number of amides is 1. The lowest BCUT2D eigenvalue weighted by atomic mass is 10.2. The van der Waals surface area contributed by atoms with E-state index in [0.717, 1.165) is 28.9 Å². The predicted molar refractivity (Wildman–Crippen MR) is 116 cm³/mol. The Kier molecular flexibility index (Phi) is 8.25. The summed E-state index contributed by atoms with van der Waals surface area (Å²) in [6.07, 6.45) is -5.58. The zero-order valence-corrected chi connectivity index (χ0v) is 17.9. The number of halogens is 3. The third-order valence-electron chi connectivity index (χ3n) is 4.54. The number of alkyl halides is 3. The Morgan fingerprint density at radius 1 is 1.00 bits per heavy atom. The molecular weight excluding hydrogens is 455 g/mol. The molecule has 0 radical (unpaired) electrons. The van der Waals surface area contributed by atoms with Gasteiger partial charge in [0.1, 0.15) is 36.5 Å². The van der Waals surface area contributed by atoms with Gasteiger partial charge in [-0.3, -0.25) is 9.59 Å². The highest BCUT2D eigenvalue weighted by molar-refractivity contribution is 5.91. The van der Waals surface area contributed by atoms with Crippen molar-refractivity contribution in [3.05, 3.63) is 88.3 Å². The largest absolute Gasteiger partial charge is 0.492 e. The van der Waals surface area contributed by atoms with E-state index in [1.54, 1.807) is 12.1 Å². The molecule has 0 saturated carbocycles. The van der Waals surface area contributed by atoms with Crippen LogP contribution in [-0.2, 0) is 12.7 Å². The quantitative estimate of drug-likeness (QED) is 0.465. The molecule has 0 aliphatic carbocycles. The first-order valence-corrected chi connectivity index (χ1v) is 10.2. The van der Waals surface area contributed by atoms with Gasteiger partial charge in [0, 0.05) is 12.6 Å². The molecule has 2 N–H and O–H groups in total. The first-order valence-electron chi connectivity index (χ1n) is 10.2. The average molecular weight is 477 g/mol. The summed E-state index contributed by atoms with van der Waals surface area (Å²) in [5.41, 5.74) is -1.25. The maximum absolute atomic E-state index is 12.6. The van der Waals surface area contributed by atoms with Gasteiger partial charge in [0.2, 0.25) is 0 Å². The molecule has 2 aromatic carbocycles.